The highest BCUT2D eigenvalue weighted by molar-refractivity contribution is 5.69. The summed E-state index contributed by atoms with van der Waals surface area (Å²) in [5, 5.41) is 8.75. The number of carbonyl (C=O) groups is 2. The van der Waals surface area contributed by atoms with E-state index in [2.05, 4.69) is 13.8 Å². The average Bonchev–Trinajstić information content (AvgIpc) is 2.95. The summed E-state index contributed by atoms with van der Waals surface area (Å²) in [6.07, 6.45) is 38.6. The molecule has 0 heterocycles. The number of ether oxygens (including phenoxy) is 1. The van der Waals surface area contributed by atoms with Crippen molar-refractivity contribution in [2.75, 3.05) is 0 Å². The van der Waals surface area contributed by atoms with Gasteiger partial charge in [-0.3, -0.25) is 9.59 Å². The van der Waals surface area contributed by atoms with Crippen LogP contribution in [0.4, 0.5) is 0 Å². The molecule has 0 amide bonds. The van der Waals surface area contributed by atoms with Crippen LogP contribution in [0.5, 0.6) is 0 Å². The predicted octanol–water partition coefficient (Wildman–Crippen LogP) is 12.5. The Morgan fingerprint density at radius 1 is 0.439 bits per heavy atom. The lowest BCUT2D eigenvalue weighted by molar-refractivity contribution is -0.150. The number of unbranched alkanes of at least 4 members (excludes halogenated alkanes) is 25. The van der Waals surface area contributed by atoms with Crippen LogP contribution in [-0.4, -0.2) is 23.1 Å². The normalized spacial score (nSPS) is 12.0. The van der Waals surface area contributed by atoms with Crippen LogP contribution >= 0.6 is 0 Å². The highest BCUT2D eigenvalue weighted by Gasteiger charge is 2.14. The van der Waals surface area contributed by atoms with Gasteiger partial charge in [-0.15, -0.1) is 0 Å². The Bertz CT molecular complexity index is 547. The molecule has 0 bridgehead atoms. The number of esters is 1. The molecule has 244 valence electrons. The zero-order valence-corrected chi connectivity index (χ0v) is 27.9. The molecule has 0 fully saturated rings. The standard InChI is InChI=1S/C37H72O4/c1-3-5-7-9-10-11-12-13-14-15-16-17-18-19-20-21-22-26-30-34-37(40)41-35(31-27-8-6-4-2)32-28-24-23-25-29-33-36(38)39/h35H,3-34H2,1-2H3,(H,38,39). The number of carboxylic acid groups (broad SMARTS) is 1. The lowest BCUT2D eigenvalue weighted by atomic mass is 10.0. The second-order valence-electron chi connectivity index (χ2n) is 12.8. The Kier molecular flexibility index (Phi) is 32.6. The molecule has 4 nitrogen and oxygen atoms in total. The van der Waals surface area contributed by atoms with Crippen LogP contribution in [0.3, 0.4) is 0 Å². The van der Waals surface area contributed by atoms with Gasteiger partial charge in [0.25, 0.3) is 0 Å². The van der Waals surface area contributed by atoms with E-state index in [0.29, 0.717) is 6.42 Å². The zero-order valence-electron chi connectivity index (χ0n) is 27.9. The summed E-state index contributed by atoms with van der Waals surface area (Å²) in [6.45, 7) is 4.51. The van der Waals surface area contributed by atoms with Crippen LogP contribution in [0.1, 0.15) is 219 Å². The van der Waals surface area contributed by atoms with Gasteiger partial charge in [0.05, 0.1) is 0 Å². The summed E-state index contributed by atoms with van der Waals surface area (Å²) < 4.78 is 5.91. The molecule has 0 aromatic carbocycles. The summed E-state index contributed by atoms with van der Waals surface area (Å²) in [4.78, 5) is 23.1. The van der Waals surface area contributed by atoms with Crippen LogP contribution in [0.2, 0.25) is 0 Å². The van der Waals surface area contributed by atoms with Gasteiger partial charge in [-0.05, 0) is 38.5 Å². The predicted molar refractivity (Wildman–Crippen MR) is 177 cm³/mol. The Balaban J connectivity index is 3.65. The third-order valence-corrected chi connectivity index (χ3v) is 8.58. The molecule has 1 unspecified atom stereocenters. The summed E-state index contributed by atoms with van der Waals surface area (Å²) >= 11 is 0. The first-order chi connectivity index (χ1) is 20.1. The van der Waals surface area contributed by atoms with Gasteiger partial charge in [-0.1, -0.05) is 168 Å². The smallest absolute Gasteiger partial charge is 0.306 e. The third-order valence-electron chi connectivity index (χ3n) is 8.58. The maximum Gasteiger partial charge on any atom is 0.306 e. The summed E-state index contributed by atoms with van der Waals surface area (Å²) in [6, 6.07) is 0. The zero-order chi connectivity index (χ0) is 30.1. The molecule has 0 aliphatic carbocycles. The molecule has 4 heteroatoms. The van der Waals surface area contributed by atoms with Crippen molar-refractivity contribution in [1.82, 2.24) is 0 Å². The van der Waals surface area contributed by atoms with Gasteiger partial charge >= 0.3 is 11.9 Å². The number of carboxylic acids is 1. The van der Waals surface area contributed by atoms with Crippen molar-refractivity contribution < 1.29 is 19.4 Å². The fourth-order valence-electron chi connectivity index (χ4n) is 5.83. The summed E-state index contributed by atoms with van der Waals surface area (Å²) in [5.41, 5.74) is 0. The minimum atomic E-state index is -0.700. The van der Waals surface area contributed by atoms with E-state index in [-0.39, 0.29) is 18.5 Å². The first kappa shape index (κ1) is 39.9. The molecule has 0 aromatic rings. The Hall–Kier alpha value is -1.06. The lowest BCUT2D eigenvalue weighted by Crippen LogP contribution is -2.18. The Morgan fingerprint density at radius 3 is 1.10 bits per heavy atom. The van der Waals surface area contributed by atoms with E-state index in [4.69, 9.17) is 9.84 Å². The second kappa shape index (κ2) is 33.4. The van der Waals surface area contributed by atoms with E-state index in [0.717, 1.165) is 64.2 Å². The molecule has 1 N–H and O–H groups in total. The maximum atomic E-state index is 12.5. The molecule has 0 aromatic heterocycles. The highest BCUT2D eigenvalue weighted by Crippen LogP contribution is 2.18. The van der Waals surface area contributed by atoms with Crippen LogP contribution in [0.15, 0.2) is 0 Å². The number of carbonyl (C=O) groups excluding carboxylic acids is 1. The first-order valence-electron chi connectivity index (χ1n) is 18.5. The van der Waals surface area contributed by atoms with Crippen molar-refractivity contribution in [3.05, 3.63) is 0 Å². The maximum absolute atomic E-state index is 12.5. The molecule has 1 atom stereocenters. The van der Waals surface area contributed by atoms with E-state index in [1.165, 1.54) is 128 Å². The lowest BCUT2D eigenvalue weighted by Gasteiger charge is -2.18. The number of hydrogen-bond donors (Lipinski definition) is 1. The Morgan fingerprint density at radius 2 is 0.732 bits per heavy atom. The molecule has 41 heavy (non-hydrogen) atoms. The van der Waals surface area contributed by atoms with Gasteiger partial charge in [0, 0.05) is 12.8 Å². The molecule has 0 radical (unpaired) electrons. The van der Waals surface area contributed by atoms with Gasteiger partial charge in [0.15, 0.2) is 0 Å². The Labute approximate surface area is 256 Å². The SMILES string of the molecule is CCCCCCCCCCCCCCCCCCCCCC(=O)OC(CCCCCC)CCCCCCCC(=O)O. The highest BCUT2D eigenvalue weighted by atomic mass is 16.5. The molecule has 0 aliphatic rings. The topological polar surface area (TPSA) is 63.6 Å². The quantitative estimate of drug-likeness (QED) is 0.0607. The average molecular weight is 581 g/mol. The molecule has 0 rings (SSSR count). The van der Waals surface area contributed by atoms with Crippen molar-refractivity contribution in [2.24, 2.45) is 0 Å². The number of rotatable bonds is 34. The fourth-order valence-corrected chi connectivity index (χ4v) is 5.83. The molecular formula is C37H72O4. The van der Waals surface area contributed by atoms with Gasteiger partial charge in [-0.2, -0.15) is 0 Å². The molecule has 0 saturated carbocycles. The summed E-state index contributed by atoms with van der Waals surface area (Å²) in [5.74, 6) is -0.701. The monoisotopic (exact) mass is 581 g/mol. The first-order valence-corrected chi connectivity index (χ1v) is 18.5. The van der Waals surface area contributed by atoms with Gasteiger partial charge in [0.2, 0.25) is 0 Å². The molecule has 0 aliphatic heterocycles. The van der Waals surface area contributed by atoms with Crippen LogP contribution in [-0.2, 0) is 14.3 Å². The third kappa shape index (κ3) is 33.3. The van der Waals surface area contributed by atoms with E-state index in [1.807, 2.05) is 0 Å². The van der Waals surface area contributed by atoms with Crippen LogP contribution in [0, 0.1) is 0 Å². The van der Waals surface area contributed by atoms with Crippen molar-refractivity contribution in [3.63, 3.8) is 0 Å². The van der Waals surface area contributed by atoms with Crippen LogP contribution < -0.4 is 0 Å². The minimum Gasteiger partial charge on any atom is -0.481 e. The molecule has 0 spiro atoms. The summed E-state index contributed by atoms with van der Waals surface area (Å²) in [7, 11) is 0. The fraction of sp³-hybridized carbons (Fsp3) is 0.946. The van der Waals surface area contributed by atoms with Gasteiger partial charge < -0.3 is 9.84 Å². The van der Waals surface area contributed by atoms with E-state index in [9.17, 15) is 9.59 Å². The van der Waals surface area contributed by atoms with Crippen LogP contribution in [0.25, 0.3) is 0 Å². The van der Waals surface area contributed by atoms with Crippen molar-refractivity contribution >= 4 is 11.9 Å². The molecular weight excluding hydrogens is 508 g/mol. The number of hydrogen-bond acceptors (Lipinski definition) is 3. The van der Waals surface area contributed by atoms with Crippen molar-refractivity contribution in [3.8, 4) is 0 Å². The van der Waals surface area contributed by atoms with E-state index in [1.54, 1.807) is 0 Å². The minimum absolute atomic E-state index is 0.000997. The second-order valence-corrected chi connectivity index (χ2v) is 12.8. The molecule has 0 saturated heterocycles. The van der Waals surface area contributed by atoms with Gasteiger partial charge in [0.1, 0.15) is 6.10 Å². The van der Waals surface area contributed by atoms with E-state index >= 15 is 0 Å². The van der Waals surface area contributed by atoms with Gasteiger partial charge in [-0.25, -0.2) is 0 Å². The largest absolute Gasteiger partial charge is 0.481 e. The van der Waals surface area contributed by atoms with Crippen molar-refractivity contribution in [1.29, 1.82) is 0 Å². The van der Waals surface area contributed by atoms with E-state index < -0.39 is 5.97 Å². The number of aliphatic carboxylic acids is 1. The van der Waals surface area contributed by atoms with Crippen molar-refractivity contribution in [2.45, 2.75) is 225 Å².